The Morgan fingerprint density at radius 1 is 0.926 bits per heavy atom. The average molecular weight is 391 g/mol. The maximum atomic E-state index is 12.6. The molecule has 0 heterocycles. The third-order valence-corrected chi connectivity index (χ3v) is 9.98. The SMILES string of the molecule is CCCCCCCCCC(=O)C[C@@H](CC(=O)OC)[Si](C)(C)c1ccccc1. The lowest BCUT2D eigenvalue weighted by molar-refractivity contribution is -0.140. The summed E-state index contributed by atoms with van der Waals surface area (Å²) in [5.41, 5.74) is 0.0874. The molecule has 0 radical (unpaired) electrons. The Morgan fingerprint density at radius 2 is 1.52 bits per heavy atom. The molecule has 0 aliphatic rings. The first-order valence-corrected chi connectivity index (χ1v) is 13.6. The van der Waals surface area contributed by atoms with Crippen LogP contribution in [0.3, 0.4) is 0 Å². The van der Waals surface area contributed by atoms with Gasteiger partial charge in [0.25, 0.3) is 0 Å². The van der Waals surface area contributed by atoms with Crippen LogP contribution in [0.2, 0.25) is 18.6 Å². The molecule has 0 N–H and O–H groups in total. The summed E-state index contributed by atoms with van der Waals surface area (Å²) in [6.45, 7) is 6.75. The molecule has 0 bridgehead atoms. The Balaban J connectivity index is 2.59. The summed E-state index contributed by atoms with van der Waals surface area (Å²) in [5, 5.41) is 1.29. The van der Waals surface area contributed by atoms with Gasteiger partial charge in [0, 0.05) is 19.3 Å². The molecule has 27 heavy (non-hydrogen) atoms. The maximum Gasteiger partial charge on any atom is 0.305 e. The number of hydrogen-bond acceptors (Lipinski definition) is 3. The molecule has 4 heteroatoms. The molecular weight excluding hydrogens is 352 g/mol. The van der Waals surface area contributed by atoms with Gasteiger partial charge in [-0.3, -0.25) is 9.59 Å². The molecule has 3 nitrogen and oxygen atoms in total. The van der Waals surface area contributed by atoms with Gasteiger partial charge in [-0.05, 0) is 12.0 Å². The van der Waals surface area contributed by atoms with Crippen molar-refractivity contribution < 1.29 is 14.3 Å². The van der Waals surface area contributed by atoms with Crippen molar-refractivity contribution in [3.05, 3.63) is 30.3 Å². The van der Waals surface area contributed by atoms with Crippen LogP contribution < -0.4 is 5.19 Å². The van der Waals surface area contributed by atoms with Crippen LogP contribution in [0.5, 0.6) is 0 Å². The third kappa shape index (κ3) is 8.87. The summed E-state index contributed by atoms with van der Waals surface area (Å²) in [5.74, 6) is 0.0918. The monoisotopic (exact) mass is 390 g/mol. The molecule has 0 amide bonds. The highest BCUT2D eigenvalue weighted by molar-refractivity contribution is 6.91. The first kappa shape index (κ1) is 23.6. The number of carbonyl (C=O) groups is 2. The molecule has 1 aromatic rings. The van der Waals surface area contributed by atoms with Crippen molar-refractivity contribution in [2.75, 3.05) is 7.11 Å². The number of hydrogen-bond donors (Lipinski definition) is 0. The van der Waals surface area contributed by atoms with Crippen molar-refractivity contribution in [2.24, 2.45) is 0 Å². The van der Waals surface area contributed by atoms with Crippen LogP contribution in [-0.4, -0.2) is 26.9 Å². The minimum absolute atomic E-state index is 0.0874. The van der Waals surface area contributed by atoms with E-state index in [9.17, 15) is 9.59 Å². The van der Waals surface area contributed by atoms with E-state index in [1.54, 1.807) is 0 Å². The van der Waals surface area contributed by atoms with Crippen molar-refractivity contribution in [3.8, 4) is 0 Å². The van der Waals surface area contributed by atoms with Crippen LogP contribution in [0.15, 0.2) is 30.3 Å². The average Bonchev–Trinajstić information content (AvgIpc) is 2.67. The second kappa shape index (κ2) is 12.9. The number of carbonyl (C=O) groups excluding carboxylic acids is 2. The van der Waals surface area contributed by atoms with Gasteiger partial charge in [-0.25, -0.2) is 0 Å². The molecule has 0 spiro atoms. The number of methoxy groups -OCH3 is 1. The van der Waals surface area contributed by atoms with Crippen molar-refractivity contribution >= 4 is 25.0 Å². The zero-order valence-electron chi connectivity index (χ0n) is 17.8. The standard InChI is InChI=1S/C23H38O3Si/c1-5-6-7-8-9-10-12-15-20(24)18-22(19-23(25)26-2)27(3,4)21-16-13-11-14-17-21/h11,13-14,16-17,22H,5-10,12,15,18-19H2,1-4H3/t22-/m0/s1. The predicted molar refractivity (Wildman–Crippen MR) is 116 cm³/mol. The maximum absolute atomic E-state index is 12.6. The summed E-state index contributed by atoms with van der Waals surface area (Å²) in [7, 11) is -0.514. The minimum Gasteiger partial charge on any atom is -0.469 e. The molecular formula is C23H38O3Si. The lowest BCUT2D eigenvalue weighted by Gasteiger charge is -2.32. The lowest BCUT2D eigenvalue weighted by atomic mass is 10.0. The first-order chi connectivity index (χ1) is 12.9. The number of benzene rings is 1. The fourth-order valence-corrected chi connectivity index (χ4v) is 6.56. The van der Waals surface area contributed by atoms with Crippen LogP contribution in [-0.2, 0) is 14.3 Å². The molecule has 152 valence electrons. The van der Waals surface area contributed by atoms with E-state index in [-0.39, 0.29) is 11.5 Å². The van der Waals surface area contributed by atoms with E-state index in [1.165, 1.54) is 44.4 Å². The zero-order chi connectivity index (χ0) is 20.1. The molecule has 0 fully saturated rings. The summed E-state index contributed by atoms with van der Waals surface area (Å²) in [6.07, 6.45) is 9.98. The van der Waals surface area contributed by atoms with Gasteiger partial charge in [0.2, 0.25) is 0 Å². The number of ether oxygens (including phenoxy) is 1. The van der Waals surface area contributed by atoms with Crippen molar-refractivity contribution in [3.63, 3.8) is 0 Å². The Labute approximate surface area is 166 Å². The lowest BCUT2D eigenvalue weighted by Crippen LogP contribution is -2.47. The highest BCUT2D eigenvalue weighted by Gasteiger charge is 2.36. The van der Waals surface area contributed by atoms with Crippen LogP contribution in [0.4, 0.5) is 0 Å². The van der Waals surface area contributed by atoms with E-state index in [2.05, 4.69) is 32.2 Å². The van der Waals surface area contributed by atoms with Gasteiger partial charge >= 0.3 is 5.97 Å². The van der Waals surface area contributed by atoms with Crippen LogP contribution in [0, 0.1) is 0 Å². The van der Waals surface area contributed by atoms with Gasteiger partial charge in [0.1, 0.15) is 5.78 Å². The number of unbranched alkanes of at least 4 members (excludes halogenated alkanes) is 6. The summed E-state index contributed by atoms with van der Waals surface area (Å²) in [4.78, 5) is 24.6. The Hall–Kier alpha value is -1.42. The number of Topliss-reactive ketones (excluding diaryl/α,β-unsaturated/α-hetero) is 1. The van der Waals surface area contributed by atoms with Gasteiger partial charge < -0.3 is 4.74 Å². The second-order valence-electron chi connectivity index (χ2n) is 8.18. The van der Waals surface area contributed by atoms with Gasteiger partial charge in [0.05, 0.1) is 15.2 Å². The fraction of sp³-hybridized carbons (Fsp3) is 0.652. The molecule has 0 saturated heterocycles. The Bertz CT molecular complexity index is 554. The van der Waals surface area contributed by atoms with Gasteiger partial charge in [-0.1, -0.05) is 94.1 Å². The summed E-state index contributed by atoms with van der Waals surface area (Å²) >= 11 is 0. The van der Waals surface area contributed by atoms with E-state index in [4.69, 9.17) is 4.74 Å². The van der Waals surface area contributed by atoms with E-state index >= 15 is 0 Å². The second-order valence-corrected chi connectivity index (χ2v) is 13.0. The van der Waals surface area contributed by atoms with E-state index < -0.39 is 8.07 Å². The number of rotatable bonds is 14. The molecule has 0 saturated carbocycles. The van der Waals surface area contributed by atoms with Gasteiger partial charge in [-0.15, -0.1) is 0 Å². The van der Waals surface area contributed by atoms with Crippen LogP contribution in [0.1, 0.15) is 71.1 Å². The minimum atomic E-state index is -1.94. The normalized spacial score (nSPS) is 12.6. The zero-order valence-corrected chi connectivity index (χ0v) is 18.8. The Morgan fingerprint density at radius 3 is 2.11 bits per heavy atom. The van der Waals surface area contributed by atoms with E-state index in [0.29, 0.717) is 25.0 Å². The fourth-order valence-electron chi connectivity index (χ4n) is 3.63. The van der Waals surface area contributed by atoms with Crippen molar-refractivity contribution in [1.29, 1.82) is 0 Å². The van der Waals surface area contributed by atoms with Crippen LogP contribution in [0.25, 0.3) is 0 Å². The highest BCUT2D eigenvalue weighted by atomic mass is 28.3. The number of esters is 1. The quantitative estimate of drug-likeness (QED) is 0.235. The molecule has 1 aromatic carbocycles. The topological polar surface area (TPSA) is 43.4 Å². The van der Waals surface area contributed by atoms with Gasteiger partial charge in [0.15, 0.2) is 0 Å². The molecule has 0 unspecified atom stereocenters. The van der Waals surface area contributed by atoms with E-state index in [1.807, 2.05) is 18.2 Å². The number of ketones is 1. The smallest absolute Gasteiger partial charge is 0.305 e. The largest absolute Gasteiger partial charge is 0.469 e. The summed E-state index contributed by atoms with van der Waals surface area (Å²) < 4.78 is 4.91. The van der Waals surface area contributed by atoms with Crippen molar-refractivity contribution in [2.45, 2.75) is 89.8 Å². The molecule has 0 aliphatic heterocycles. The van der Waals surface area contributed by atoms with Crippen molar-refractivity contribution in [1.82, 2.24) is 0 Å². The molecule has 1 rings (SSSR count). The molecule has 0 aliphatic carbocycles. The van der Waals surface area contributed by atoms with Gasteiger partial charge in [-0.2, -0.15) is 0 Å². The summed E-state index contributed by atoms with van der Waals surface area (Å²) in [6, 6.07) is 10.4. The Kier molecular flexibility index (Phi) is 11.3. The molecule has 1 atom stereocenters. The molecule has 0 aromatic heterocycles. The van der Waals surface area contributed by atoms with E-state index in [0.717, 1.165) is 12.8 Å². The van der Waals surface area contributed by atoms with Crippen LogP contribution >= 0.6 is 0 Å². The predicted octanol–water partition coefficient (Wildman–Crippen LogP) is 5.64. The first-order valence-electron chi connectivity index (χ1n) is 10.6. The highest BCUT2D eigenvalue weighted by Crippen LogP contribution is 2.30. The third-order valence-electron chi connectivity index (χ3n) is 5.71.